The Labute approximate surface area is 145 Å². The van der Waals surface area contributed by atoms with Crippen LogP contribution in [-0.2, 0) is 4.74 Å². The quantitative estimate of drug-likeness (QED) is 0.635. The van der Waals surface area contributed by atoms with Gasteiger partial charge in [-0.3, -0.25) is 5.10 Å². The molecule has 3 heterocycles. The molecule has 0 saturated carbocycles. The third kappa shape index (κ3) is 3.48. The summed E-state index contributed by atoms with van der Waals surface area (Å²) in [5.74, 6) is 2.04. The van der Waals surface area contributed by atoms with E-state index in [4.69, 9.17) is 9.47 Å². The molecule has 0 amide bonds. The predicted molar refractivity (Wildman–Crippen MR) is 95.4 cm³/mol. The van der Waals surface area contributed by atoms with Gasteiger partial charge in [0.25, 0.3) is 0 Å². The van der Waals surface area contributed by atoms with Crippen LogP contribution in [0.4, 0.5) is 17.5 Å². The molecular formula is C17H20N6O2. The van der Waals surface area contributed by atoms with E-state index in [1.165, 1.54) is 0 Å². The maximum atomic E-state index is 5.63. The fourth-order valence-electron chi connectivity index (χ4n) is 2.83. The summed E-state index contributed by atoms with van der Waals surface area (Å²) >= 11 is 0. The maximum Gasteiger partial charge on any atom is 0.226 e. The Bertz CT molecular complexity index is 842. The maximum absolute atomic E-state index is 5.63. The Balaban J connectivity index is 1.56. The van der Waals surface area contributed by atoms with Crippen LogP contribution in [0.25, 0.3) is 11.0 Å². The van der Waals surface area contributed by atoms with Crippen molar-refractivity contribution in [1.82, 2.24) is 20.2 Å². The fraction of sp³-hybridized carbons (Fsp3) is 0.353. The molecule has 3 aromatic rings. The summed E-state index contributed by atoms with van der Waals surface area (Å²) in [6, 6.07) is 7.66. The molecule has 4 rings (SSSR count). The summed E-state index contributed by atoms with van der Waals surface area (Å²) in [5.41, 5.74) is 1.59. The molecule has 0 spiro atoms. The molecule has 8 heteroatoms. The van der Waals surface area contributed by atoms with Crippen LogP contribution in [0.15, 0.2) is 30.5 Å². The van der Waals surface area contributed by atoms with Gasteiger partial charge in [0, 0.05) is 18.8 Å². The predicted octanol–water partition coefficient (Wildman–Crippen LogP) is 2.70. The van der Waals surface area contributed by atoms with Gasteiger partial charge in [0.2, 0.25) is 5.95 Å². The molecule has 130 valence electrons. The van der Waals surface area contributed by atoms with Gasteiger partial charge in [-0.25, -0.2) is 0 Å². The van der Waals surface area contributed by atoms with Crippen LogP contribution in [0.2, 0.25) is 0 Å². The topological polar surface area (TPSA) is 97.0 Å². The van der Waals surface area contributed by atoms with Crippen molar-refractivity contribution in [2.24, 2.45) is 0 Å². The number of nitrogens with one attached hydrogen (secondary N) is 3. The van der Waals surface area contributed by atoms with Crippen molar-refractivity contribution in [2.75, 3.05) is 30.9 Å². The molecule has 1 aromatic carbocycles. The summed E-state index contributed by atoms with van der Waals surface area (Å²) in [4.78, 5) is 9.06. The minimum Gasteiger partial charge on any atom is -0.497 e. The molecule has 2 aromatic heterocycles. The average Bonchev–Trinajstić information content (AvgIpc) is 3.32. The first-order valence-corrected chi connectivity index (χ1v) is 8.29. The van der Waals surface area contributed by atoms with E-state index in [0.717, 1.165) is 36.3 Å². The lowest BCUT2D eigenvalue weighted by Crippen LogP contribution is -2.19. The normalized spacial score (nSPS) is 16.9. The lowest BCUT2D eigenvalue weighted by Gasteiger charge is -2.12. The fourth-order valence-corrected chi connectivity index (χ4v) is 2.83. The second-order valence-electron chi connectivity index (χ2n) is 5.90. The minimum absolute atomic E-state index is 0.221. The van der Waals surface area contributed by atoms with Gasteiger partial charge in [0.05, 0.1) is 24.8 Å². The number of anilines is 3. The number of methoxy groups -OCH3 is 1. The highest BCUT2D eigenvalue weighted by Gasteiger charge is 2.16. The summed E-state index contributed by atoms with van der Waals surface area (Å²) in [5, 5.41) is 14.4. The molecule has 1 aliphatic heterocycles. The highest BCUT2D eigenvalue weighted by Crippen LogP contribution is 2.25. The van der Waals surface area contributed by atoms with Crippen LogP contribution in [0, 0.1) is 0 Å². The SMILES string of the molecule is COc1ccc(Nc2nc(NC[C@H]3CCCO3)nc3[nH]ncc23)cc1. The summed E-state index contributed by atoms with van der Waals surface area (Å²) in [6.45, 7) is 1.53. The zero-order valence-corrected chi connectivity index (χ0v) is 14.0. The van der Waals surface area contributed by atoms with Crippen LogP contribution in [0.5, 0.6) is 5.75 Å². The van der Waals surface area contributed by atoms with E-state index in [2.05, 4.69) is 30.8 Å². The van der Waals surface area contributed by atoms with Crippen molar-refractivity contribution in [2.45, 2.75) is 18.9 Å². The Morgan fingerprint density at radius 1 is 1.28 bits per heavy atom. The van der Waals surface area contributed by atoms with Crippen LogP contribution >= 0.6 is 0 Å². The number of fused-ring (bicyclic) bond motifs is 1. The van der Waals surface area contributed by atoms with E-state index in [1.807, 2.05) is 24.3 Å². The van der Waals surface area contributed by atoms with Crippen molar-refractivity contribution in [3.8, 4) is 5.75 Å². The second-order valence-corrected chi connectivity index (χ2v) is 5.90. The molecule has 1 saturated heterocycles. The van der Waals surface area contributed by atoms with Gasteiger partial charge in [-0.1, -0.05) is 0 Å². The summed E-state index contributed by atoms with van der Waals surface area (Å²) < 4.78 is 10.8. The molecule has 0 radical (unpaired) electrons. The third-order valence-corrected chi connectivity index (χ3v) is 4.17. The van der Waals surface area contributed by atoms with E-state index in [-0.39, 0.29) is 6.10 Å². The molecule has 25 heavy (non-hydrogen) atoms. The second kappa shape index (κ2) is 6.94. The lowest BCUT2D eigenvalue weighted by atomic mass is 10.2. The highest BCUT2D eigenvalue weighted by atomic mass is 16.5. The first-order valence-electron chi connectivity index (χ1n) is 8.29. The number of benzene rings is 1. The molecular weight excluding hydrogens is 320 g/mol. The highest BCUT2D eigenvalue weighted by molar-refractivity contribution is 5.89. The van der Waals surface area contributed by atoms with E-state index in [9.17, 15) is 0 Å². The molecule has 3 N–H and O–H groups in total. The largest absolute Gasteiger partial charge is 0.497 e. The molecule has 8 nitrogen and oxygen atoms in total. The number of hydrogen-bond acceptors (Lipinski definition) is 7. The van der Waals surface area contributed by atoms with E-state index in [0.29, 0.717) is 24.0 Å². The Morgan fingerprint density at radius 2 is 2.16 bits per heavy atom. The van der Waals surface area contributed by atoms with Crippen LogP contribution in [-0.4, -0.2) is 46.5 Å². The van der Waals surface area contributed by atoms with Gasteiger partial charge in [-0.2, -0.15) is 15.1 Å². The van der Waals surface area contributed by atoms with Crippen molar-refractivity contribution < 1.29 is 9.47 Å². The lowest BCUT2D eigenvalue weighted by molar-refractivity contribution is 0.120. The third-order valence-electron chi connectivity index (χ3n) is 4.17. The summed E-state index contributed by atoms with van der Waals surface area (Å²) in [6.07, 6.45) is 4.11. The number of rotatable bonds is 6. The first-order chi connectivity index (χ1) is 12.3. The Morgan fingerprint density at radius 3 is 2.92 bits per heavy atom. The number of hydrogen-bond donors (Lipinski definition) is 3. The number of ether oxygens (including phenoxy) is 2. The van der Waals surface area contributed by atoms with Crippen molar-refractivity contribution in [3.63, 3.8) is 0 Å². The van der Waals surface area contributed by atoms with Gasteiger partial charge < -0.3 is 20.1 Å². The molecule has 0 aliphatic carbocycles. The smallest absolute Gasteiger partial charge is 0.226 e. The van der Waals surface area contributed by atoms with Crippen molar-refractivity contribution in [3.05, 3.63) is 30.5 Å². The summed E-state index contributed by atoms with van der Waals surface area (Å²) in [7, 11) is 1.65. The van der Waals surface area contributed by atoms with E-state index < -0.39 is 0 Å². The number of nitrogens with zero attached hydrogens (tertiary/aromatic N) is 3. The minimum atomic E-state index is 0.221. The van der Waals surface area contributed by atoms with Gasteiger partial charge >= 0.3 is 0 Å². The van der Waals surface area contributed by atoms with Crippen LogP contribution in [0.3, 0.4) is 0 Å². The first kappa shape index (κ1) is 15.6. The number of aromatic amines is 1. The zero-order chi connectivity index (χ0) is 17.1. The Kier molecular flexibility index (Phi) is 4.34. The molecule has 1 atom stereocenters. The van der Waals surface area contributed by atoms with Crippen LogP contribution < -0.4 is 15.4 Å². The van der Waals surface area contributed by atoms with Gasteiger partial charge in [0.1, 0.15) is 11.6 Å². The van der Waals surface area contributed by atoms with E-state index in [1.54, 1.807) is 13.3 Å². The monoisotopic (exact) mass is 340 g/mol. The molecule has 0 bridgehead atoms. The molecule has 0 unspecified atom stereocenters. The zero-order valence-electron chi connectivity index (χ0n) is 14.0. The standard InChI is InChI=1S/C17H20N6O2/c1-24-12-6-4-11(5-7-12)20-15-14-10-19-23-16(14)22-17(21-15)18-9-13-3-2-8-25-13/h4-7,10,13H,2-3,8-9H2,1H3,(H3,18,19,20,21,22,23)/t13-/m1/s1. The molecule has 1 fully saturated rings. The van der Waals surface area contributed by atoms with E-state index >= 15 is 0 Å². The number of H-pyrrole nitrogens is 1. The Hall–Kier alpha value is -2.87. The van der Waals surface area contributed by atoms with Crippen LogP contribution in [0.1, 0.15) is 12.8 Å². The van der Waals surface area contributed by atoms with Crippen molar-refractivity contribution >= 4 is 28.5 Å². The number of aromatic nitrogens is 4. The van der Waals surface area contributed by atoms with Gasteiger partial charge in [-0.05, 0) is 37.1 Å². The average molecular weight is 340 g/mol. The van der Waals surface area contributed by atoms with Gasteiger partial charge in [0.15, 0.2) is 5.65 Å². The van der Waals surface area contributed by atoms with Crippen molar-refractivity contribution in [1.29, 1.82) is 0 Å². The molecule has 1 aliphatic rings. The van der Waals surface area contributed by atoms with Gasteiger partial charge in [-0.15, -0.1) is 0 Å².